The summed E-state index contributed by atoms with van der Waals surface area (Å²) in [7, 11) is 2.06. The summed E-state index contributed by atoms with van der Waals surface area (Å²) < 4.78 is 0. The van der Waals surface area contributed by atoms with Gasteiger partial charge < -0.3 is 4.79 Å². The van der Waals surface area contributed by atoms with E-state index < -0.39 is 0 Å². The molecule has 0 fully saturated rings. The van der Waals surface area contributed by atoms with Gasteiger partial charge in [0.1, 0.15) is 6.29 Å². The summed E-state index contributed by atoms with van der Waals surface area (Å²) in [6.45, 7) is 7.05. The zero-order valence-corrected chi connectivity index (χ0v) is 13.1. The van der Waals surface area contributed by atoms with Gasteiger partial charge >= 0.3 is 0 Å². The predicted octanol–water partition coefficient (Wildman–Crippen LogP) is 4.34. The molecule has 0 radical (unpaired) electrons. The third kappa shape index (κ3) is 4.63. The minimum atomic E-state index is -0.268. The Hall–Kier alpha value is -0.860. The molecule has 0 bridgehead atoms. The highest BCUT2D eigenvalue weighted by atomic mass is 35.5. The number of hydrogen-bond acceptors (Lipinski definition) is 2. The van der Waals surface area contributed by atoms with Crippen LogP contribution in [-0.4, -0.2) is 24.8 Å². The Morgan fingerprint density at radius 3 is 2.68 bits per heavy atom. The molecule has 0 N–H and O–H groups in total. The normalized spacial score (nSPS) is 16.1. The van der Waals surface area contributed by atoms with Crippen LogP contribution in [0.1, 0.15) is 45.2 Å². The molecule has 19 heavy (non-hydrogen) atoms. The Morgan fingerprint density at radius 1 is 1.47 bits per heavy atom. The summed E-state index contributed by atoms with van der Waals surface area (Å²) in [6.07, 6.45) is 3.04. The van der Waals surface area contributed by atoms with Gasteiger partial charge in [-0.3, -0.25) is 4.90 Å². The van der Waals surface area contributed by atoms with Crippen LogP contribution >= 0.6 is 11.6 Å². The van der Waals surface area contributed by atoms with Crippen molar-refractivity contribution >= 4 is 17.9 Å². The van der Waals surface area contributed by atoms with Gasteiger partial charge in [-0.1, -0.05) is 44.0 Å². The Labute approximate surface area is 121 Å². The summed E-state index contributed by atoms with van der Waals surface area (Å²) in [6, 6.07) is 8.15. The molecule has 0 aliphatic rings. The number of carbonyl (C=O) groups excluding carboxylic acids is 1. The number of nitrogens with zero attached hydrogens (tertiary/aromatic N) is 1. The molecule has 1 rings (SSSR count). The van der Waals surface area contributed by atoms with Crippen molar-refractivity contribution in [3.05, 3.63) is 34.9 Å². The van der Waals surface area contributed by atoms with E-state index in [-0.39, 0.29) is 11.5 Å². The lowest BCUT2D eigenvalue weighted by molar-refractivity contribution is -0.116. The second-order valence-electron chi connectivity index (χ2n) is 5.67. The van der Waals surface area contributed by atoms with Crippen LogP contribution in [-0.2, 0) is 4.79 Å². The fourth-order valence-corrected chi connectivity index (χ4v) is 2.67. The summed E-state index contributed by atoms with van der Waals surface area (Å²) in [5.41, 5.74) is 0.913. The van der Waals surface area contributed by atoms with E-state index in [1.807, 2.05) is 25.1 Å². The number of carbonyl (C=O) groups is 1. The second kappa shape index (κ2) is 7.06. The minimum Gasteiger partial charge on any atom is -0.303 e. The number of halogens is 1. The van der Waals surface area contributed by atoms with Gasteiger partial charge in [-0.25, -0.2) is 0 Å². The third-order valence-corrected chi connectivity index (χ3v) is 3.94. The first-order valence-electron chi connectivity index (χ1n) is 6.84. The second-order valence-corrected chi connectivity index (χ2v) is 6.10. The van der Waals surface area contributed by atoms with E-state index in [4.69, 9.17) is 11.6 Å². The Morgan fingerprint density at radius 2 is 2.16 bits per heavy atom. The van der Waals surface area contributed by atoms with Gasteiger partial charge in [-0.05, 0) is 38.1 Å². The highest BCUT2D eigenvalue weighted by Gasteiger charge is 2.26. The van der Waals surface area contributed by atoms with Crippen molar-refractivity contribution in [1.82, 2.24) is 4.90 Å². The van der Waals surface area contributed by atoms with Crippen LogP contribution in [0, 0.1) is 5.41 Å². The number of hydrogen-bond donors (Lipinski definition) is 0. The molecule has 0 saturated heterocycles. The molecule has 0 heterocycles. The summed E-state index contributed by atoms with van der Waals surface area (Å²) in [5.74, 6) is 0. The monoisotopic (exact) mass is 281 g/mol. The Bertz CT molecular complexity index is 421. The summed E-state index contributed by atoms with van der Waals surface area (Å²) in [5, 5.41) is 0.754. The van der Waals surface area contributed by atoms with Crippen molar-refractivity contribution in [2.75, 3.05) is 13.6 Å². The van der Waals surface area contributed by atoms with Crippen LogP contribution in [0.15, 0.2) is 24.3 Å². The fourth-order valence-electron chi connectivity index (χ4n) is 2.47. The van der Waals surface area contributed by atoms with E-state index in [0.29, 0.717) is 0 Å². The molecule has 0 aliphatic heterocycles. The first kappa shape index (κ1) is 16.2. The topological polar surface area (TPSA) is 20.3 Å². The Balaban J connectivity index is 2.77. The maximum absolute atomic E-state index is 11.3. The molecule has 0 saturated carbocycles. The van der Waals surface area contributed by atoms with Gasteiger partial charge in [-0.15, -0.1) is 0 Å². The standard InChI is InChI=1S/C16H24ClNO/c1-5-9-16(3,12-19)11-18(4)13(2)14-7-6-8-15(17)10-14/h6-8,10,12-13H,5,9,11H2,1-4H3. The highest BCUT2D eigenvalue weighted by molar-refractivity contribution is 6.30. The van der Waals surface area contributed by atoms with Crippen LogP contribution in [0.25, 0.3) is 0 Å². The van der Waals surface area contributed by atoms with Crippen LogP contribution < -0.4 is 0 Å². The molecule has 2 nitrogen and oxygen atoms in total. The molecule has 0 amide bonds. The van der Waals surface area contributed by atoms with Crippen molar-refractivity contribution in [3.63, 3.8) is 0 Å². The average Bonchev–Trinajstić information content (AvgIpc) is 2.38. The summed E-state index contributed by atoms with van der Waals surface area (Å²) in [4.78, 5) is 13.5. The largest absolute Gasteiger partial charge is 0.303 e. The van der Waals surface area contributed by atoms with E-state index in [0.717, 1.165) is 30.7 Å². The van der Waals surface area contributed by atoms with Gasteiger partial charge in [0.25, 0.3) is 0 Å². The molecular formula is C16H24ClNO. The minimum absolute atomic E-state index is 0.245. The number of rotatable bonds is 7. The average molecular weight is 282 g/mol. The van der Waals surface area contributed by atoms with E-state index in [9.17, 15) is 4.79 Å². The van der Waals surface area contributed by atoms with Crippen LogP contribution in [0.5, 0.6) is 0 Å². The lowest BCUT2D eigenvalue weighted by atomic mass is 9.86. The summed E-state index contributed by atoms with van der Waals surface area (Å²) >= 11 is 6.03. The SMILES string of the molecule is CCCC(C)(C=O)CN(C)C(C)c1cccc(Cl)c1. The van der Waals surface area contributed by atoms with Gasteiger partial charge in [0.05, 0.1) is 0 Å². The number of aldehydes is 1. The predicted molar refractivity (Wildman–Crippen MR) is 81.6 cm³/mol. The molecule has 0 aliphatic carbocycles. The molecule has 1 aromatic carbocycles. The Kier molecular flexibility index (Phi) is 6.02. The van der Waals surface area contributed by atoms with Crippen LogP contribution in [0.2, 0.25) is 5.02 Å². The zero-order chi connectivity index (χ0) is 14.5. The fraction of sp³-hybridized carbons (Fsp3) is 0.562. The van der Waals surface area contributed by atoms with Crippen LogP contribution in [0.3, 0.4) is 0 Å². The molecule has 1 aromatic rings. The van der Waals surface area contributed by atoms with Crippen molar-refractivity contribution in [3.8, 4) is 0 Å². The molecule has 106 valence electrons. The maximum Gasteiger partial charge on any atom is 0.127 e. The molecule has 2 atom stereocenters. The van der Waals surface area contributed by atoms with E-state index >= 15 is 0 Å². The van der Waals surface area contributed by atoms with E-state index in [2.05, 4.69) is 31.9 Å². The van der Waals surface area contributed by atoms with Crippen molar-refractivity contribution < 1.29 is 4.79 Å². The van der Waals surface area contributed by atoms with Crippen LogP contribution in [0.4, 0.5) is 0 Å². The quantitative estimate of drug-likeness (QED) is 0.693. The lowest BCUT2D eigenvalue weighted by Crippen LogP contribution is -2.36. The van der Waals surface area contributed by atoms with Gasteiger partial charge in [-0.2, -0.15) is 0 Å². The first-order chi connectivity index (χ1) is 8.91. The first-order valence-corrected chi connectivity index (χ1v) is 7.21. The third-order valence-electron chi connectivity index (χ3n) is 3.71. The van der Waals surface area contributed by atoms with E-state index in [1.54, 1.807) is 0 Å². The van der Waals surface area contributed by atoms with E-state index in [1.165, 1.54) is 5.56 Å². The highest BCUT2D eigenvalue weighted by Crippen LogP contribution is 2.27. The lowest BCUT2D eigenvalue weighted by Gasteiger charge is -2.33. The maximum atomic E-state index is 11.3. The molecular weight excluding hydrogens is 258 g/mol. The molecule has 0 spiro atoms. The zero-order valence-electron chi connectivity index (χ0n) is 12.3. The van der Waals surface area contributed by atoms with Crippen molar-refractivity contribution in [2.45, 2.75) is 39.7 Å². The molecule has 2 unspecified atom stereocenters. The smallest absolute Gasteiger partial charge is 0.127 e. The van der Waals surface area contributed by atoms with Gasteiger partial charge in [0.2, 0.25) is 0 Å². The van der Waals surface area contributed by atoms with Gasteiger partial charge in [0, 0.05) is 23.0 Å². The van der Waals surface area contributed by atoms with Crippen molar-refractivity contribution in [1.29, 1.82) is 0 Å². The van der Waals surface area contributed by atoms with Gasteiger partial charge in [0.15, 0.2) is 0 Å². The molecule has 3 heteroatoms. The number of benzene rings is 1. The van der Waals surface area contributed by atoms with Crippen molar-refractivity contribution in [2.24, 2.45) is 5.41 Å². The molecule has 0 aromatic heterocycles.